The van der Waals surface area contributed by atoms with Gasteiger partial charge in [0.2, 0.25) is 0 Å². The fourth-order valence-corrected chi connectivity index (χ4v) is 2.94. The lowest BCUT2D eigenvalue weighted by Gasteiger charge is -2.21. The van der Waals surface area contributed by atoms with Crippen LogP contribution in [0.1, 0.15) is 52.4 Å². The number of unbranched alkanes of at least 4 members (excludes halogenated alkanes) is 1. The van der Waals surface area contributed by atoms with Crippen LogP contribution in [0.5, 0.6) is 0 Å². The van der Waals surface area contributed by atoms with Gasteiger partial charge in [-0.3, -0.25) is 9.89 Å². The van der Waals surface area contributed by atoms with E-state index in [-0.39, 0.29) is 0 Å². The number of guanidine groups is 1. The van der Waals surface area contributed by atoms with Gasteiger partial charge in [-0.2, -0.15) is 0 Å². The van der Waals surface area contributed by atoms with Crippen molar-refractivity contribution in [2.24, 2.45) is 10.9 Å². The van der Waals surface area contributed by atoms with Gasteiger partial charge in [0.1, 0.15) is 0 Å². The Balaban J connectivity index is 1.52. The lowest BCUT2D eigenvalue weighted by molar-refractivity contribution is 0.0487. The highest BCUT2D eigenvalue weighted by Gasteiger charge is 2.33. The average molecular weight is 369 g/mol. The fraction of sp³-hybridized carbons (Fsp3) is 0.950. The molecule has 6 heteroatoms. The number of rotatable bonds is 16. The van der Waals surface area contributed by atoms with Gasteiger partial charge in [0.05, 0.1) is 26.4 Å². The summed E-state index contributed by atoms with van der Waals surface area (Å²) in [6.45, 7) is 12.0. The third-order valence-corrected chi connectivity index (χ3v) is 4.81. The highest BCUT2D eigenvalue weighted by molar-refractivity contribution is 5.79. The molecule has 0 saturated heterocycles. The maximum atomic E-state index is 5.60. The molecule has 6 nitrogen and oxygen atoms in total. The molecule has 0 aromatic carbocycles. The van der Waals surface area contributed by atoms with Gasteiger partial charge in [0, 0.05) is 38.8 Å². The van der Waals surface area contributed by atoms with Crippen LogP contribution in [0.15, 0.2) is 4.99 Å². The molecule has 2 aliphatic rings. The van der Waals surface area contributed by atoms with Crippen molar-refractivity contribution in [3.63, 3.8) is 0 Å². The van der Waals surface area contributed by atoms with Gasteiger partial charge in [0.25, 0.3) is 0 Å². The summed E-state index contributed by atoms with van der Waals surface area (Å²) in [5.41, 5.74) is 0. The molecule has 0 aromatic heterocycles. The van der Waals surface area contributed by atoms with Crippen LogP contribution in [0.4, 0.5) is 0 Å². The lowest BCUT2D eigenvalue weighted by Crippen LogP contribution is -2.40. The molecular formula is C20H40N4O2. The second-order valence-electron chi connectivity index (χ2n) is 7.44. The van der Waals surface area contributed by atoms with Crippen molar-refractivity contribution in [3.8, 4) is 0 Å². The van der Waals surface area contributed by atoms with E-state index >= 15 is 0 Å². The topological polar surface area (TPSA) is 58.1 Å². The Hall–Kier alpha value is -0.850. The first-order valence-corrected chi connectivity index (χ1v) is 10.7. The summed E-state index contributed by atoms with van der Waals surface area (Å²) < 4.78 is 11.1. The summed E-state index contributed by atoms with van der Waals surface area (Å²) in [6, 6.07) is 0.842. The zero-order valence-corrected chi connectivity index (χ0v) is 17.0. The number of nitrogens with zero attached hydrogens (tertiary/aromatic N) is 2. The summed E-state index contributed by atoms with van der Waals surface area (Å²) in [7, 11) is 0. The van der Waals surface area contributed by atoms with Crippen LogP contribution in [0.2, 0.25) is 0 Å². The van der Waals surface area contributed by atoms with Crippen molar-refractivity contribution >= 4 is 5.96 Å². The predicted octanol–water partition coefficient (Wildman–Crippen LogP) is 2.25. The molecule has 0 radical (unpaired) electrons. The number of hydrogen-bond donors (Lipinski definition) is 2. The molecule has 0 aliphatic heterocycles. The van der Waals surface area contributed by atoms with Crippen molar-refractivity contribution < 1.29 is 9.47 Å². The zero-order valence-electron chi connectivity index (χ0n) is 17.0. The zero-order chi connectivity index (χ0) is 18.5. The maximum absolute atomic E-state index is 5.60. The molecule has 26 heavy (non-hydrogen) atoms. The smallest absolute Gasteiger partial charge is 0.191 e. The number of nitrogens with one attached hydrogen (secondary N) is 2. The number of aliphatic imine (C=N–C) groups is 1. The van der Waals surface area contributed by atoms with E-state index in [9.17, 15) is 0 Å². The summed E-state index contributed by atoms with van der Waals surface area (Å²) in [6.07, 6.45) is 7.93. The first-order chi connectivity index (χ1) is 12.8. The van der Waals surface area contributed by atoms with Crippen LogP contribution in [0, 0.1) is 5.92 Å². The van der Waals surface area contributed by atoms with Gasteiger partial charge in [-0.25, -0.2) is 0 Å². The van der Waals surface area contributed by atoms with Gasteiger partial charge < -0.3 is 20.1 Å². The normalized spacial score (nSPS) is 17.7. The van der Waals surface area contributed by atoms with E-state index < -0.39 is 0 Å². The van der Waals surface area contributed by atoms with Crippen molar-refractivity contribution in [2.45, 2.75) is 58.4 Å². The number of hydrogen-bond acceptors (Lipinski definition) is 4. The summed E-state index contributed by atoms with van der Waals surface area (Å²) in [5.74, 6) is 1.87. The highest BCUT2D eigenvalue weighted by atomic mass is 16.5. The van der Waals surface area contributed by atoms with Gasteiger partial charge in [-0.1, -0.05) is 13.3 Å². The van der Waals surface area contributed by atoms with Crippen molar-refractivity contribution in [2.75, 3.05) is 59.2 Å². The van der Waals surface area contributed by atoms with Crippen molar-refractivity contribution in [3.05, 3.63) is 0 Å². The van der Waals surface area contributed by atoms with E-state index in [0.717, 1.165) is 57.1 Å². The van der Waals surface area contributed by atoms with Gasteiger partial charge in [0.15, 0.2) is 5.96 Å². The van der Waals surface area contributed by atoms with E-state index in [2.05, 4.69) is 29.4 Å². The minimum Gasteiger partial charge on any atom is -0.379 e. The second-order valence-corrected chi connectivity index (χ2v) is 7.44. The second kappa shape index (κ2) is 13.3. The average Bonchev–Trinajstić information content (AvgIpc) is 3.53. The SMILES string of the molecule is CCCCOCCOCCNC(=NCCN(CC1CC1)C1CC1)NCC. The molecule has 2 saturated carbocycles. The molecule has 2 aliphatic carbocycles. The molecule has 2 fully saturated rings. The Morgan fingerprint density at radius 1 is 1.00 bits per heavy atom. The molecule has 0 aromatic rings. The van der Waals surface area contributed by atoms with Crippen molar-refractivity contribution in [1.82, 2.24) is 15.5 Å². The highest BCUT2D eigenvalue weighted by Crippen LogP contribution is 2.34. The van der Waals surface area contributed by atoms with Crippen LogP contribution in [0.3, 0.4) is 0 Å². The molecule has 152 valence electrons. The Kier molecular flexibility index (Phi) is 11.0. The molecule has 0 spiro atoms. The molecule has 0 atom stereocenters. The molecule has 0 bridgehead atoms. The van der Waals surface area contributed by atoms with Crippen molar-refractivity contribution in [1.29, 1.82) is 0 Å². The Bertz CT molecular complexity index is 384. The predicted molar refractivity (Wildman–Crippen MR) is 108 cm³/mol. The minimum absolute atomic E-state index is 0.663. The molecular weight excluding hydrogens is 328 g/mol. The Morgan fingerprint density at radius 3 is 2.42 bits per heavy atom. The maximum Gasteiger partial charge on any atom is 0.191 e. The molecule has 2 N–H and O–H groups in total. The summed E-state index contributed by atoms with van der Waals surface area (Å²) >= 11 is 0. The minimum atomic E-state index is 0.663. The quantitative estimate of drug-likeness (QED) is 0.249. The van der Waals surface area contributed by atoms with Crippen LogP contribution < -0.4 is 10.6 Å². The van der Waals surface area contributed by atoms with Gasteiger partial charge >= 0.3 is 0 Å². The Labute approximate surface area is 160 Å². The van der Waals surface area contributed by atoms with Crippen LogP contribution in [0.25, 0.3) is 0 Å². The molecule has 0 unspecified atom stereocenters. The van der Waals surface area contributed by atoms with Crippen LogP contribution >= 0.6 is 0 Å². The molecule has 2 rings (SSSR count). The van der Waals surface area contributed by atoms with E-state index in [1.54, 1.807) is 0 Å². The first kappa shape index (κ1) is 21.5. The fourth-order valence-electron chi connectivity index (χ4n) is 2.94. The standard InChI is InChI=1S/C20H40N4O2/c1-3-5-13-25-15-16-26-14-11-23-20(21-4-2)22-10-12-24(19-8-9-19)17-18-6-7-18/h18-19H,3-17H2,1-2H3,(H2,21,22,23). The third kappa shape index (κ3) is 10.3. The van der Waals surface area contributed by atoms with E-state index in [1.807, 2.05) is 0 Å². The summed E-state index contributed by atoms with van der Waals surface area (Å²) in [5, 5.41) is 6.68. The summed E-state index contributed by atoms with van der Waals surface area (Å²) in [4.78, 5) is 7.39. The molecule has 0 amide bonds. The first-order valence-electron chi connectivity index (χ1n) is 10.7. The van der Waals surface area contributed by atoms with E-state index in [0.29, 0.717) is 19.8 Å². The third-order valence-electron chi connectivity index (χ3n) is 4.81. The largest absolute Gasteiger partial charge is 0.379 e. The molecule has 0 heterocycles. The van der Waals surface area contributed by atoms with E-state index in [1.165, 1.54) is 38.6 Å². The Morgan fingerprint density at radius 2 is 1.77 bits per heavy atom. The van der Waals surface area contributed by atoms with Gasteiger partial charge in [-0.05, 0) is 44.9 Å². The van der Waals surface area contributed by atoms with E-state index in [4.69, 9.17) is 14.5 Å². The van der Waals surface area contributed by atoms with Gasteiger partial charge in [-0.15, -0.1) is 0 Å². The van der Waals surface area contributed by atoms with Crippen LogP contribution in [-0.4, -0.2) is 76.1 Å². The van der Waals surface area contributed by atoms with Crippen LogP contribution in [-0.2, 0) is 9.47 Å². The number of ether oxygens (including phenoxy) is 2. The lowest BCUT2D eigenvalue weighted by atomic mass is 10.3. The monoisotopic (exact) mass is 368 g/mol.